The molecule has 200 valence electrons. The molecule has 10 aromatic rings. The van der Waals surface area contributed by atoms with Crippen molar-refractivity contribution in [3.63, 3.8) is 0 Å². The average Bonchev–Trinajstić information content (AvgIpc) is 3.74. The molecule has 3 nitrogen and oxygen atoms in total. The van der Waals surface area contributed by atoms with Crippen molar-refractivity contribution in [1.82, 2.24) is 9.38 Å². The smallest absolute Gasteiger partial charge is 0.156 e. The first-order valence-electron chi connectivity index (χ1n) is 14.5. The summed E-state index contributed by atoms with van der Waals surface area (Å²) in [6.07, 6.45) is 0. The number of thiophene rings is 1. The fourth-order valence-electron chi connectivity index (χ4n) is 6.74. The molecule has 4 aromatic heterocycles. The first-order valence-corrected chi connectivity index (χ1v) is 15.3. The van der Waals surface area contributed by atoms with Crippen molar-refractivity contribution < 1.29 is 4.42 Å². The summed E-state index contributed by atoms with van der Waals surface area (Å²) in [5, 5.41) is 7.35. The summed E-state index contributed by atoms with van der Waals surface area (Å²) in [5.41, 5.74) is 9.50. The molecule has 0 aliphatic rings. The highest BCUT2D eigenvalue weighted by atomic mass is 32.1. The number of hydrogen-bond acceptors (Lipinski definition) is 3. The van der Waals surface area contributed by atoms with Crippen LogP contribution in [0.15, 0.2) is 138 Å². The van der Waals surface area contributed by atoms with Crippen LogP contribution in [0.5, 0.6) is 0 Å². The second-order valence-corrected chi connectivity index (χ2v) is 12.2. The number of aromatic nitrogens is 2. The summed E-state index contributed by atoms with van der Waals surface area (Å²) in [7, 11) is 0. The van der Waals surface area contributed by atoms with E-state index in [-0.39, 0.29) is 0 Å². The average molecular weight is 567 g/mol. The first-order chi connectivity index (χ1) is 21.3. The Bertz CT molecular complexity index is 2730. The van der Waals surface area contributed by atoms with E-state index in [1.807, 2.05) is 23.5 Å². The standard InChI is InChI=1S/C39H22N2OS/c1-2-9-26-21-36-30(20-25(26)8-1)31-22-34(41-33-14-5-4-13-32(33)40-39(41)38(31)43-36)24-18-16-23(17-19-24)27-11-7-12-29-28-10-3-6-15-35(28)42-37(27)29/h1-22H. The second-order valence-electron chi connectivity index (χ2n) is 11.2. The van der Waals surface area contributed by atoms with Gasteiger partial charge in [-0.1, -0.05) is 97.1 Å². The number of hydrogen-bond donors (Lipinski definition) is 0. The van der Waals surface area contributed by atoms with Crippen LogP contribution in [0.3, 0.4) is 0 Å². The lowest BCUT2D eigenvalue weighted by atomic mass is 9.99. The fourth-order valence-corrected chi connectivity index (χ4v) is 7.93. The summed E-state index contributed by atoms with van der Waals surface area (Å²) in [6, 6.07) is 47.6. The largest absolute Gasteiger partial charge is 0.455 e. The Morgan fingerprint density at radius 1 is 0.581 bits per heavy atom. The van der Waals surface area contributed by atoms with E-state index in [9.17, 15) is 0 Å². The van der Waals surface area contributed by atoms with E-state index in [0.717, 1.165) is 61.0 Å². The number of benzene rings is 6. The van der Waals surface area contributed by atoms with Crippen LogP contribution in [0.1, 0.15) is 0 Å². The number of para-hydroxylation sites is 4. The molecule has 0 aliphatic heterocycles. The highest BCUT2D eigenvalue weighted by Gasteiger charge is 2.18. The summed E-state index contributed by atoms with van der Waals surface area (Å²) in [5.74, 6) is 0. The van der Waals surface area contributed by atoms with E-state index in [0.29, 0.717) is 0 Å². The topological polar surface area (TPSA) is 30.4 Å². The molecule has 0 saturated heterocycles. The van der Waals surface area contributed by atoms with Gasteiger partial charge in [0.25, 0.3) is 0 Å². The number of fused-ring (bicyclic) bond motifs is 11. The molecule has 6 aromatic carbocycles. The van der Waals surface area contributed by atoms with Crippen LogP contribution in [0.4, 0.5) is 0 Å². The minimum absolute atomic E-state index is 0.917. The number of imidazole rings is 1. The van der Waals surface area contributed by atoms with Crippen molar-refractivity contribution in [3.8, 4) is 22.4 Å². The van der Waals surface area contributed by atoms with Crippen molar-refractivity contribution in [1.29, 1.82) is 0 Å². The Morgan fingerprint density at radius 2 is 1.33 bits per heavy atom. The second kappa shape index (κ2) is 8.54. The van der Waals surface area contributed by atoms with Gasteiger partial charge in [0.1, 0.15) is 11.2 Å². The van der Waals surface area contributed by atoms with Crippen molar-refractivity contribution in [2.45, 2.75) is 0 Å². The predicted molar refractivity (Wildman–Crippen MR) is 181 cm³/mol. The minimum Gasteiger partial charge on any atom is -0.455 e. The number of furan rings is 1. The van der Waals surface area contributed by atoms with Crippen LogP contribution in [-0.4, -0.2) is 9.38 Å². The molecule has 4 heteroatoms. The zero-order chi connectivity index (χ0) is 28.1. The third kappa shape index (κ3) is 3.27. The highest BCUT2D eigenvalue weighted by molar-refractivity contribution is 7.26. The number of nitrogens with zero attached hydrogens (tertiary/aromatic N) is 2. The number of rotatable bonds is 2. The first kappa shape index (κ1) is 23.1. The van der Waals surface area contributed by atoms with E-state index in [4.69, 9.17) is 9.40 Å². The van der Waals surface area contributed by atoms with Crippen molar-refractivity contribution >= 4 is 80.9 Å². The Labute approximate surface area is 249 Å². The summed E-state index contributed by atoms with van der Waals surface area (Å²) < 4.78 is 11.2. The molecule has 4 heterocycles. The normalized spacial score (nSPS) is 12.2. The van der Waals surface area contributed by atoms with E-state index in [1.165, 1.54) is 30.9 Å². The van der Waals surface area contributed by atoms with E-state index in [2.05, 4.69) is 126 Å². The molecule has 0 fully saturated rings. The lowest BCUT2D eigenvalue weighted by molar-refractivity contribution is 0.670. The quantitative estimate of drug-likeness (QED) is 0.208. The molecule has 0 bridgehead atoms. The Morgan fingerprint density at radius 3 is 2.23 bits per heavy atom. The fraction of sp³-hybridized carbons (Fsp3) is 0. The van der Waals surface area contributed by atoms with Gasteiger partial charge in [-0.2, -0.15) is 0 Å². The monoisotopic (exact) mass is 566 g/mol. The van der Waals surface area contributed by atoms with Gasteiger partial charge in [-0.25, -0.2) is 4.98 Å². The molecule has 43 heavy (non-hydrogen) atoms. The van der Waals surface area contributed by atoms with Crippen LogP contribution >= 0.6 is 11.3 Å². The van der Waals surface area contributed by atoms with Gasteiger partial charge in [-0.3, -0.25) is 4.40 Å². The van der Waals surface area contributed by atoms with Gasteiger partial charge >= 0.3 is 0 Å². The van der Waals surface area contributed by atoms with Crippen molar-refractivity contribution in [2.75, 3.05) is 0 Å². The van der Waals surface area contributed by atoms with Gasteiger partial charge in [-0.05, 0) is 58.3 Å². The molecule has 0 unspecified atom stereocenters. The molecule has 0 aliphatic carbocycles. The van der Waals surface area contributed by atoms with Gasteiger partial charge in [0.15, 0.2) is 5.65 Å². The van der Waals surface area contributed by atoms with Gasteiger partial charge in [0.05, 0.1) is 21.4 Å². The van der Waals surface area contributed by atoms with E-state index in [1.54, 1.807) is 0 Å². The zero-order valence-electron chi connectivity index (χ0n) is 22.9. The van der Waals surface area contributed by atoms with E-state index >= 15 is 0 Å². The van der Waals surface area contributed by atoms with Crippen LogP contribution in [0.25, 0.3) is 91.9 Å². The Hall–Kier alpha value is -5.45. The summed E-state index contributed by atoms with van der Waals surface area (Å²) in [4.78, 5) is 5.18. The predicted octanol–water partition coefficient (Wildman–Crippen LogP) is 11.2. The molecular weight excluding hydrogens is 545 g/mol. The summed E-state index contributed by atoms with van der Waals surface area (Å²) >= 11 is 1.83. The molecule has 0 saturated carbocycles. The minimum atomic E-state index is 0.917. The molecule has 0 N–H and O–H groups in total. The van der Waals surface area contributed by atoms with Crippen molar-refractivity contribution in [2.24, 2.45) is 0 Å². The van der Waals surface area contributed by atoms with Gasteiger partial charge in [-0.15, -0.1) is 11.3 Å². The molecule has 0 amide bonds. The number of pyridine rings is 1. The zero-order valence-corrected chi connectivity index (χ0v) is 23.7. The maximum absolute atomic E-state index is 6.35. The summed E-state index contributed by atoms with van der Waals surface area (Å²) in [6.45, 7) is 0. The maximum Gasteiger partial charge on any atom is 0.156 e. The van der Waals surface area contributed by atoms with Crippen LogP contribution in [0.2, 0.25) is 0 Å². The Kier molecular flexibility index (Phi) is 4.60. The van der Waals surface area contributed by atoms with E-state index < -0.39 is 0 Å². The van der Waals surface area contributed by atoms with Crippen LogP contribution in [-0.2, 0) is 0 Å². The highest BCUT2D eigenvalue weighted by Crippen LogP contribution is 2.42. The lowest BCUT2D eigenvalue weighted by Gasteiger charge is -2.10. The molecule has 0 radical (unpaired) electrons. The van der Waals surface area contributed by atoms with Gasteiger partial charge in [0.2, 0.25) is 0 Å². The molecule has 0 spiro atoms. The third-order valence-electron chi connectivity index (χ3n) is 8.78. The lowest BCUT2D eigenvalue weighted by Crippen LogP contribution is -1.93. The maximum atomic E-state index is 6.35. The molecule has 0 atom stereocenters. The molecule has 10 rings (SSSR count). The van der Waals surface area contributed by atoms with Gasteiger partial charge < -0.3 is 4.42 Å². The molecular formula is C39H22N2OS. The Balaban J connectivity index is 1.22. The van der Waals surface area contributed by atoms with Crippen LogP contribution in [0, 0.1) is 0 Å². The third-order valence-corrected chi connectivity index (χ3v) is 9.94. The van der Waals surface area contributed by atoms with Crippen LogP contribution < -0.4 is 0 Å². The van der Waals surface area contributed by atoms with Crippen molar-refractivity contribution in [3.05, 3.63) is 133 Å². The SMILES string of the molecule is c1ccc2cc3c(cc2c1)sc1c3cc(-c2ccc(-c3cccc4c3oc3ccccc34)cc2)n2c3ccccc3nc12. The van der Waals surface area contributed by atoms with Gasteiger partial charge in [0, 0.05) is 31.8 Å².